The second-order valence-electron chi connectivity index (χ2n) is 5.92. The van der Waals surface area contributed by atoms with Crippen LogP contribution in [0.15, 0.2) is 59.7 Å². The molecular weight excluding hydrogens is 328 g/mol. The number of nitrogens with zero attached hydrogens (tertiary/aromatic N) is 2. The van der Waals surface area contributed by atoms with Crippen molar-refractivity contribution in [3.05, 3.63) is 65.7 Å². The molecule has 1 aliphatic rings. The molecule has 0 radical (unpaired) electrons. The second kappa shape index (κ2) is 7.74. The molecule has 3 rings (SSSR count). The van der Waals surface area contributed by atoms with Crippen LogP contribution in [-0.4, -0.2) is 30.9 Å². The lowest BCUT2D eigenvalue weighted by molar-refractivity contribution is 0.362. The molecule has 0 spiro atoms. The fourth-order valence-electron chi connectivity index (χ4n) is 2.85. The number of hydrogen-bond donors (Lipinski definition) is 2. The van der Waals surface area contributed by atoms with E-state index in [0.717, 1.165) is 28.3 Å². The third kappa shape index (κ3) is 3.85. The summed E-state index contributed by atoms with van der Waals surface area (Å²) in [6, 6.07) is 15.5. The molecule has 134 valence electrons. The third-order valence-electron chi connectivity index (χ3n) is 4.27. The van der Waals surface area contributed by atoms with Gasteiger partial charge < -0.3 is 15.2 Å². The van der Waals surface area contributed by atoms with Gasteiger partial charge in [0.05, 0.1) is 26.0 Å². The molecule has 0 aromatic heterocycles. The highest BCUT2D eigenvalue weighted by atomic mass is 16.5. The smallest absolute Gasteiger partial charge is 0.209 e. The summed E-state index contributed by atoms with van der Waals surface area (Å²) in [7, 11) is 3.28. The molecule has 1 atom stereocenters. The molecule has 2 aromatic carbocycles. The van der Waals surface area contributed by atoms with Gasteiger partial charge >= 0.3 is 0 Å². The van der Waals surface area contributed by atoms with E-state index >= 15 is 0 Å². The summed E-state index contributed by atoms with van der Waals surface area (Å²) in [6.45, 7) is 0. The lowest BCUT2D eigenvalue weighted by Gasteiger charge is -2.21. The van der Waals surface area contributed by atoms with E-state index in [9.17, 15) is 0 Å². The summed E-state index contributed by atoms with van der Waals surface area (Å²) in [5, 5.41) is 13.9. The predicted molar refractivity (Wildman–Crippen MR) is 104 cm³/mol. The normalized spacial score (nSPS) is 16.6. The van der Waals surface area contributed by atoms with E-state index in [1.165, 1.54) is 0 Å². The van der Waals surface area contributed by atoms with E-state index in [2.05, 4.69) is 5.10 Å². The van der Waals surface area contributed by atoms with Crippen LogP contribution in [-0.2, 0) is 0 Å². The number of nitrogens with two attached hydrogens (primary N) is 1. The van der Waals surface area contributed by atoms with Crippen molar-refractivity contribution in [2.75, 3.05) is 14.2 Å². The van der Waals surface area contributed by atoms with Crippen molar-refractivity contribution < 1.29 is 9.47 Å². The minimum absolute atomic E-state index is 0.0707. The first-order valence-electron chi connectivity index (χ1n) is 8.27. The number of methoxy groups -OCH3 is 2. The van der Waals surface area contributed by atoms with Gasteiger partial charge in [0.15, 0.2) is 0 Å². The number of allylic oxidation sites excluding steroid dienone is 1. The molecule has 26 heavy (non-hydrogen) atoms. The van der Waals surface area contributed by atoms with E-state index in [4.69, 9.17) is 20.6 Å². The van der Waals surface area contributed by atoms with Crippen molar-refractivity contribution in [3.8, 4) is 11.5 Å². The topological polar surface area (TPSA) is 83.9 Å². The van der Waals surface area contributed by atoms with Crippen molar-refractivity contribution in [1.29, 1.82) is 5.41 Å². The number of hydrogen-bond acceptors (Lipinski definition) is 4. The molecule has 0 fully saturated rings. The van der Waals surface area contributed by atoms with Crippen LogP contribution in [0.1, 0.15) is 23.6 Å². The molecular formula is C20H22N4O2. The van der Waals surface area contributed by atoms with Crippen molar-refractivity contribution in [3.63, 3.8) is 0 Å². The van der Waals surface area contributed by atoms with Crippen LogP contribution in [0.2, 0.25) is 0 Å². The summed E-state index contributed by atoms with van der Waals surface area (Å²) in [5.41, 5.74) is 8.69. The quantitative estimate of drug-likeness (QED) is 0.639. The van der Waals surface area contributed by atoms with Crippen LogP contribution in [0.4, 0.5) is 0 Å². The molecule has 1 aliphatic heterocycles. The Bertz CT molecular complexity index is 826. The highest BCUT2D eigenvalue weighted by molar-refractivity contribution is 6.01. The summed E-state index contributed by atoms with van der Waals surface area (Å²) in [6.07, 6.45) is 4.63. The molecule has 6 heteroatoms. The zero-order valence-corrected chi connectivity index (χ0v) is 14.8. The van der Waals surface area contributed by atoms with Crippen LogP contribution in [0.3, 0.4) is 0 Å². The van der Waals surface area contributed by atoms with Gasteiger partial charge in [-0.2, -0.15) is 5.10 Å². The Morgan fingerprint density at radius 3 is 2.15 bits per heavy atom. The largest absolute Gasteiger partial charge is 0.497 e. The Balaban J connectivity index is 1.76. The summed E-state index contributed by atoms with van der Waals surface area (Å²) >= 11 is 0. The molecule has 0 amide bonds. The van der Waals surface area contributed by atoms with E-state index in [0.29, 0.717) is 6.42 Å². The Hall–Kier alpha value is -3.28. The van der Waals surface area contributed by atoms with Crippen LogP contribution in [0.5, 0.6) is 11.5 Å². The first-order chi connectivity index (χ1) is 12.6. The Kier molecular flexibility index (Phi) is 5.22. The maximum absolute atomic E-state index is 7.81. The molecule has 1 unspecified atom stereocenters. The van der Waals surface area contributed by atoms with Crippen molar-refractivity contribution >= 4 is 17.7 Å². The summed E-state index contributed by atoms with van der Waals surface area (Å²) in [4.78, 5) is 0. The van der Waals surface area contributed by atoms with Gasteiger partial charge in [-0.15, -0.1) is 0 Å². The minimum Gasteiger partial charge on any atom is -0.497 e. The van der Waals surface area contributed by atoms with Crippen LogP contribution < -0.4 is 15.2 Å². The van der Waals surface area contributed by atoms with Gasteiger partial charge in [0.1, 0.15) is 11.5 Å². The third-order valence-corrected chi connectivity index (χ3v) is 4.27. The van der Waals surface area contributed by atoms with Crippen LogP contribution in [0.25, 0.3) is 6.08 Å². The number of benzene rings is 2. The molecule has 6 nitrogen and oxygen atoms in total. The molecule has 1 heterocycles. The Labute approximate surface area is 153 Å². The lowest BCUT2D eigenvalue weighted by atomic mass is 10.0. The zero-order valence-electron chi connectivity index (χ0n) is 14.8. The van der Waals surface area contributed by atoms with Gasteiger partial charge in [0, 0.05) is 6.42 Å². The molecule has 0 saturated carbocycles. The monoisotopic (exact) mass is 350 g/mol. The maximum atomic E-state index is 7.81. The molecule has 0 bridgehead atoms. The number of guanidine groups is 1. The Morgan fingerprint density at radius 1 is 1.04 bits per heavy atom. The maximum Gasteiger partial charge on any atom is 0.209 e. The second-order valence-corrected chi connectivity index (χ2v) is 5.92. The predicted octanol–water partition coefficient (Wildman–Crippen LogP) is 3.41. The van der Waals surface area contributed by atoms with Gasteiger partial charge in [-0.3, -0.25) is 5.41 Å². The zero-order chi connectivity index (χ0) is 18.5. The number of rotatable bonds is 5. The first-order valence-corrected chi connectivity index (χ1v) is 8.27. The van der Waals surface area contributed by atoms with E-state index in [1.807, 2.05) is 60.7 Å². The highest BCUT2D eigenvalue weighted by Crippen LogP contribution is 2.31. The average Bonchev–Trinajstić information content (AvgIpc) is 3.11. The summed E-state index contributed by atoms with van der Waals surface area (Å²) in [5.74, 6) is 1.54. The number of hydrazone groups is 1. The van der Waals surface area contributed by atoms with Gasteiger partial charge in [0.25, 0.3) is 0 Å². The van der Waals surface area contributed by atoms with Gasteiger partial charge in [0.2, 0.25) is 5.96 Å². The standard InChI is InChI=1S/C20H22N4O2/c1-25-17-9-4-14(5-10-17)3-8-16-13-19(24(23-16)20(21)22)15-6-11-18(26-2)12-7-15/h3-12,19H,13H2,1-2H3,(H3,21,22)/b8-3+. The van der Waals surface area contributed by atoms with Crippen LogP contribution in [0, 0.1) is 5.41 Å². The summed E-state index contributed by atoms with van der Waals surface area (Å²) < 4.78 is 10.4. The molecule has 2 aromatic rings. The number of nitrogens with one attached hydrogen (secondary N) is 1. The van der Waals surface area contributed by atoms with Crippen LogP contribution >= 0.6 is 0 Å². The van der Waals surface area contributed by atoms with Crippen molar-refractivity contribution in [2.24, 2.45) is 10.8 Å². The molecule has 0 aliphatic carbocycles. The van der Waals surface area contributed by atoms with E-state index in [-0.39, 0.29) is 12.0 Å². The van der Waals surface area contributed by atoms with Crippen molar-refractivity contribution in [1.82, 2.24) is 5.01 Å². The fraction of sp³-hybridized carbons (Fsp3) is 0.200. The molecule has 3 N–H and O–H groups in total. The van der Waals surface area contributed by atoms with Gasteiger partial charge in [-0.05, 0) is 41.5 Å². The number of ether oxygens (including phenoxy) is 2. The lowest BCUT2D eigenvalue weighted by Crippen LogP contribution is -2.32. The van der Waals surface area contributed by atoms with Gasteiger partial charge in [-0.25, -0.2) is 5.01 Å². The first kappa shape index (κ1) is 17.5. The van der Waals surface area contributed by atoms with E-state index < -0.39 is 0 Å². The Morgan fingerprint density at radius 2 is 1.62 bits per heavy atom. The fourth-order valence-corrected chi connectivity index (χ4v) is 2.85. The van der Waals surface area contributed by atoms with Gasteiger partial charge in [-0.1, -0.05) is 30.3 Å². The van der Waals surface area contributed by atoms with E-state index in [1.54, 1.807) is 19.2 Å². The highest BCUT2D eigenvalue weighted by Gasteiger charge is 2.28. The average molecular weight is 350 g/mol. The molecule has 0 saturated heterocycles. The van der Waals surface area contributed by atoms with Crippen molar-refractivity contribution in [2.45, 2.75) is 12.5 Å². The SMILES string of the molecule is COc1ccc(/C=C/C2=NN(C(=N)N)C(c3ccc(OC)cc3)C2)cc1. The minimum atomic E-state index is -0.0890.